The maximum Gasteiger partial charge on any atom is 0.231 e. The van der Waals surface area contributed by atoms with Crippen LogP contribution in [-0.4, -0.2) is 27.7 Å². The van der Waals surface area contributed by atoms with Crippen LogP contribution in [0.5, 0.6) is 0 Å². The Morgan fingerprint density at radius 2 is 2.08 bits per heavy atom. The Hall–Kier alpha value is -2.17. The maximum absolute atomic E-state index is 12.8. The first-order valence-electron chi connectivity index (χ1n) is 8.85. The molecule has 0 radical (unpaired) electrons. The van der Waals surface area contributed by atoms with Gasteiger partial charge in [-0.3, -0.25) is 4.79 Å². The number of amides is 1. The summed E-state index contributed by atoms with van der Waals surface area (Å²) in [6, 6.07) is 8.37. The summed E-state index contributed by atoms with van der Waals surface area (Å²) in [7, 11) is 1.87. The van der Waals surface area contributed by atoms with Crippen molar-refractivity contribution in [2.75, 3.05) is 11.9 Å². The molecule has 0 N–H and O–H groups in total. The third-order valence-corrected chi connectivity index (χ3v) is 4.79. The van der Waals surface area contributed by atoms with Crippen molar-refractivity contribution in [1.29, 1.82) is 0 Å². The van der Waals surface area contributed by atoms with E-state index in [1.165, 1.54) is 18.4 Å². The van der Waals surface area contributed by atoms with E-state index in [1.807, 2.05) is 18.7 Å². The molecule has 1 aromatic heterocycles. The molecule has 1 unspecified atom stereocenters. The average Bonchev–Trinajstić information content (AvgIpc) is 2.98. The SMILES string of the molecule is CCCCc1ccc(N(C)C(=O)C2CCc3nc(C)nn3C2)cc1. The third-order valence-electron chi connectivity index (χ3n) is 4.79. The van der Waals surface area contributed by atoms with Crippen LogP contribution in [-0.2, 0) is 24.2 Å². The van der Waals surface area contributed by atoms with Crippen LogP contribution in [0.3, 0.4) is 0 Å². The van der Waals surface area contributed by atoms with Gasteiger partial charge in [-0.05, 0) is 43.9 Å². The predicted octanol–water partition coefficient (Wildman–Crippen LogP) is 3.15. The second kappa shape index (κ2) is 7.16. The minimum Gasteiger partial charge on any atom is -0.315 e. The number of rotatable bonds is 5. The monoisotopic (exact) mass is 326 g/mol. The molecule has 3 rings (SSSR count). The van der Waals surface area contributed by atoms with E-state index in [-0.39, 0.29) is 11.8 Å². The number of unbranched alkanes of at least 4 members (excludes halogenated alkanes) is 1. The van der Waals surface area contributed by atoms with Gasteiger partial charge in [0.25, 0.3) is 0 Å². The van der Waals surface area contributed by atoms with Gasteiger partial charge in [0.05, 0.1) is 12.5 Å². The smallest absolute Gasteiger partial charge is 0.231 e. The Labute approximate surface area is 143 Å². The van der Waals surface area contributed by atoms with Gasteiger partial charge >= 0.3 is 0 Å². The highest BCUT2D eigenvalue weighted by Gasteiger charge is 2.29. The minimum absolute atomic E-state index is 0.0247. The van der Waals surface area contributed by atoms with Crippen LogP contribution in [0.25, 0.3) is 0 Å². The summed E-state index contributed by atoms with van der Waals surface area (Å²) in [5, 5.41) is 4.39. The first kappa shape index (κ1) is 16.7. The summed E-state index contributed by atoms with van der Waals surface area (Å²) in [6.45, 7) is 4.73. The average molecular weight is 326 g/mol. The molecule has 0 saturated carbocycles. The molecule has 1 aliphatic rings. The molecule has 128 valence electrons. The summed E-state index contributed by atoms with van der Waals surface area (Å²) in [5.74, 6) is 1.92. The summed E-state index contributed by atoms with van der Waals surface area (Å²) < 4.78 is 1.89. The number of hydrogen-bond acceptors (Lipinski definition) is 3. The lowest BCUT2D eigenvalue weighted by atomic mass is 9.98. The largest absolute Gasteiger partial charge is 0.315 e. The fraction of sp³-hybridized carbons (Fsp3) is 0.526. The van der Waals surface area contributed by atoms with E-state index in [0.717, 1.165) is 36.6 Å². The number of carbonyl (C=O) groups is 1. The molecular formula is C19H26N4O. The van der Waals surface area contributed by atoms with E-state index in [1.54, 1.807) is 4.90 Å². The molecule has 0 spiro atoms. The highest BCUT2D eigenvalue weighted by molar-refractivity contribution is 5.94. The molecule has 0 saturated heterocycles. The molecule has 1 aromatic carbocycles. The summed E-state index contributed by atoms with van der Waals surface area (Å²) in [6.07, 6.45) is 5.17. The number of nitrogens with zero attached hydrogens (tertiary/aromatic N) is 4. The van der Waals surface area contributed by atoms with Crippen LogP contribution in [0.2, 0.25) is 0 Å². The quantitative estimate of drug-likeness (QED) is 0.848. The summed E-state index contributed by atoms with van der Waals surface area (Å²) in [4.78, 5) is 19.0. The predicted molar refractivity (Wildman–Crippen MR) is 95.0 cm³/mol. The molecular weight excluding hydrogens is 300 g/mol. The normalized spacial score (nSPS) is 16.7. The zero-order valence-electron chi connectivity index (χ0n) is 14.8. The lowest BCUT2D eigenvalue weighted by molar-refractivity contribution is -0.123. The Bertz CT molecular complexity index is 705. The van der Waals surface area contributed by atoms with Crippen molar-refractivity contribution in [2.24, 2.45) is 5.92 Å². The standard InChI is InChI=1S/C19H26N4O/c1-4-5-6-15-7-10-17(11-8-15)22(3)19(24)16-9-12-18-20-14(2)21-23(18)13-16/h7-8,10-11,16H,4-6,9,12-13H2,1-3H3. The lowest BCUT2D eigenvalue weighted by Gasteiger charge is -2.27. The van der Waals surface area contributed by atoms with Crippen molar-refractivity contribution >= 4 is 11.6 Å². The van der Waals surface area contributed by atoms with Gasteiger partial charge in [-0.25, -0.2) is 9.67 Å². The number of anilines is 1. The van der Waals surface area contributed by atoms with Crippen molar-refractivity contribution in [3.63, 3.8) is 0 Å². The van der Waals surface area contributed by atoms with Crippen molar-refractivity contribution in [3.05, 3.63) is 41.5 Å². The molecule has 1 amide bonds. The van der Waals surface area contributed by atoms with Gasteiger partial charge in [-0.15, -0.1) is 0 Å². The topological polar surface area (TPSA) is 51.0 Å². The summed E-state index contributed by atoms with van der Waals surface area (Å²) >= 11 is 0. The van der Waals surface area contributed by atoms with Crippen LogP contribution in [0.15, 0.2) is 24.3 Å². The maximum atomic E-state index is 12.8. The molecule has 5 heteroatoms. The fourth-order valence-corrected chi connectivity index (χ4v) is 3.30. The zero-order chi connectivity index (χ0) is 17.1. The Balaban J connectivity index is 1.66. The Kier molecular flexibility index (Phi) is 4.97. The van der Waals surface area contributed by atoms with E-state index in [9.17, 15) is 4.79 Å². The first-order valence-corrected chi connectivity index (χ1v) is 8.85. The van der Waals surface area contributed by atoms with Crippen LogP contribution in [0.4, 0.5) is 5.69 Å². The number of aryl methyl sites for hydroxylation is 3. The van der Waals surface area contributed by atoms with Crippen molar-refractivity contribution in [2.45, 2.75) is 52.5 Å². The third kappa shape index (κ3) is 3.50. The molecule has 5 nitrogen and oxygen atoms in total. The van der Waals surface area contributed by atoms with Crippen molar-refractivity contribution in [3.8, 4) is 0 Å². The molecule has 0 aliphatic carbocycles. The van der Waals surface area contributed by atoms with Gasteiger partial charge in [-0.2, -0.15) is 5.10 Å². The van der Waals surface area contributed by atoms with E-state index in [2.05, 4.69) is 41.3 Å². The number of fused-ring (bicyclic) bond motifs is 1. The molecule has 1 aliphatic heterocycles. The molecule has 1 atom stereocenters. The Morgan fingerprint density at radius 3 is 2.79 bits per heavy atom. The van der Waals surface area contributed by atoms with E-state index in [0.29, 0.717) is 6.54 Å². The number of aromatic nitrogens is 3. The summed E-state index contributed by atoms with van der Waals surface area (Å²) in [5.41, 5.74) is 2.29. The molecule has 24 heavy (non-hydrogen) atoms. The van der Waals surface area contributed by atoms with Gasteiger partial charge in [0.15, 0.2) is 0 Å². The lowest BCUT2D eigenvalue weighted by Crippen LogP contribution is -2.37. The molecule has 0 fully saturated rings. The second-order valence-corrected chi connectivity index (χ2v) is 6.66. The first-order chi connectivity index (χ1) is 11.6. The van der Waals surface area contributed by atoms with E-state index in [4.69, 9.17) is 0 Å². The fourth-order valence-electron chi connectivity index (χ4n) is 3.30. The van der Waals surface area contributed by atoms with Crippen LogP contribution in [0, 0.1) is 12.8 Å². The van der Waals surface area contributed by atoms with Gasteiger partial charge in [-0.1, -0.05) is 25.5 Å². The van der Waals surface area contributed by atoms with Gasteiger partial charge in [0.1, 0.15) is 11.6 Å². The minimum atomic E-state index is -0.0247. The van der Waals surface area contributed by atoms with Gasteiger partial charge in [0, 0.05) is 19.2 Å². The highest BCUT2D eigenvalue weighted by Crippen LogP contribution is 2.23. The Morgan fingerprint density at radius 1 is 1.33 bits per heavy atom. The second-order valence-electron chi connectivity index (χ2n) is 6.66. The van der Waals surface area contributed by atoms with Crippen molar-refractivity contribution < 1.29 is 4.79 Å². The van der Waals surface area contributed by atoms with E-state index >= 15 is 0 Å². The van der Waals surface area contributed by atoms with Crippen LogP contribution in [0.1, 0.15) is 43.4 Å². The molecule has 2 aromatic rings. The molecule has 0 bridgehead atoms. The van der Waals surface area contributed by atoms with Crippen LogP contribution < -0.4 is 4.90 Å². The van der Waals surface area contributed by atoms with Gasteiger partial charge in [0.2, 0.25) is 5.91 Å². The molecule has 2 heterocycles. The van der Waals surface area contributed by atoms with Crippen LogP contribution >= 0.6 is 0 Å². The van der Waals surface area contributed by atoms with E-state index < -0.39 is 0 Å². The van der Waals surface area contributed by atoms with Gasteiger partial charge < -0.3 is 4.90 Å². The zero-order valence-corrected chi connectivity index (χ0v) is 14.8. The van der Waals surface area contributed by atoms with Crippen molar-refractivity contribution in [1.82, 2.24) is 14.8 Å². The number of carbonyl (C=O) groups excluding carboxylic acids is 1. The highest BCUT2D eigenvalue weighted by atomic mass is 16.2. The number of hydrogen-bond donors (Lipinski definition) is 0. The number of benzene rings is 1.